The monoisotopic (exact) mass is 313 g/mol. The molecule has 0 spiro atoms. The standard InChI is InChI=1S/C17H23N5O/c1-12-9-13(2)22(21-12)16-4-3-14(10-19-16)11-20-17(23)15-5-7-18-8-6-15/h3-4,9-10,15,18H,5-8,11H2,1-2H3,(H,20,23). The van der Waals surface area contributed by atoms with E-state index in [0.29, 0.717) is 6.54 Å². The van der Waals surface area contributed by atoms with Crippen LogP contribution in [-0.2, 0) is 11.3 Å². The fraction of sp³-hybridized carbons (Fsp3) is 0.471. The molecule has 2 aromatic rings. The van der Waals surface area contributed by atoms with Crippen molar-refractivity contribution in [3.05, 3.63) is 41.3 Å². The molecular formula is C17H23N5O. The molecular weight excluding hydrogens is 290 g/mol. The van der Waals surface area contributed by atoms with Gasteiger partial charge in [-0.05, 0) is 57.5 Å². The third kappa shape index (κ3) is 3.76. The second kappa shape index (κ2) is 6.91. The maximum absolute atomic E-state index is 12.1. The lowest BCUT2D eigenvalue weighted by Crippen LogP contribution is -2.37. The predicted molar refractivity (Wildman–Crippen MR) is 88.3 cm³/mol. The van der Waals surface area contributed by atoms with Gasteiger partial charge in [-0.15, -0.1) is 0 Å². The van der Waals surface area contributed by atoms with E-state index in [1.54, 1.807) is 6.20 Å². The fourth-order valence-corrected chi connectivity index (χ4v) is 2.93. The molecule has 1 saturated heterocycles. The third-order valence-corrected chi connectivity index (χ3v) is 4.21. The van der Waals surface area contributed by atoms with Crippen LogP contribution in [0.15, 0.2) is 24.4 Å². The van der Waals surface area contributed by atoms with Crippen molar-refractivity contribution in [1.82, 2.24) is 25.4 Å². The van der Waals surface area contributed by atoms with Gasteiger partial charge in [-0.1, -0.05) is 6.07 Å². The lowest BCUT2D eigenvalue weighted by atomic mass is 9.97. The molecule has 0 atom stereocenters. The number of hydrogen-bond donors (Lipinski definition) is 2. The van der Waals surface area contributed by atoms with Crippen molar-refractivity contribution in [1.29, 1.82) is 0 Å². The Kier molecular flexibility index (Phi) is 4.71. The van der Waals surface area contributed by atoms with Gasteiger partial charge in [0.15, 0.2) is 5.82 Å². The van der Waals surface area contributed by atoms with E-state index < -0.39 is 0 Å². The van der Waals surface area contributed by atoms with E-state index in [2.05, 4.69) is 20.7 Å². The van der Waals surface area contributed by atoms with Gasteiger partial charge < -0.3 is 10.6 Å². The Morgan fingerprint density at radius 2 is 2.13 bits per heavy atom. The normalized spacial score (nSPS) is 15.6. The summed E-state index contributed by atoms with van der Waals surface area (Å²) in [6, 6.07) is 5.95. The highest BCUT2D eigenvalue weighted by atomic mass is 16.1. The van der Waals surface area contributed by atoms with Crippen molar-refractivity contribution in [2.75, 3.05) is 13.1 Å². The molecule has 23 heavy (non-hydrogen) atoms. The largest absolute Gasteiger partial charge is 0.352 e. The molecule has 1 fully saturated rings. The Morgan fingerprint density at radius 3 is 2.74 bits per heavy atom. The van der Waals surface area contributed by atoms with Crippen LogP contribution in [0.4, 0.5) is 0 Å². The Balaban J connectivity index is 1.59. The van der Waals surface area contributed by atoms with Gasteiger partial charge in [0.25, 0.3) is 0 Å². The zero-order chi connectivity index (χ0) is 16.2. The summed E-state index contributed by atoms with van der Waals surface area (Å²) in [5, 5.41) is 10.7. The molecule has 1 amide bonds. The van der Waals surface area contributed by atoms with E-state index in [9.17, 15) is 4.79 Å². The molecule has 0 bridgehead atoms. The molecule has 3 heterocycles. The van der Waals surface area contributed by atoms with Crippen LogP contribution in [0, 0.1) is 19.8 Å². The maximum Gasteiger partial charge on any atom is 0.223 e. The number of aromatic nitrogens is 3. The molecule has 0 aromatic carbocycles. The van der Waals surface area contributed by atoms with Gasteiger partial charge in [0.05, 0.1) is 5.69 Å². The van der Waals surface area contributed by atoms with E-state index in [1.807, 2.05) is 36.7 Å². The van der Waals surface area contributed by atoms with Crippen LogP contribution in [0.2, 0.25) is 0 Å². The van der Waals surface area contributed by atoms with Gasteiger partial charge in [-0.25, -0.2) is 9.67 Å². The summed E-state index contributed by atoms with van der Waals surface area (Å²) in [7, 11) is 0. The molecule has 6 heteroatoms. The molecule has 0 unspecified atom stereocenters. The van der Waals surface area contributed by atoms with Crippen LogP contribution < -0.4 is 10.6 Å². The van der Waals surface area contributed by atoms with Crippen LogP contribution in [0.25, 0.3) is 5.82 Å². The minimum Gasteiger partial charge on any atom is -0.352 e. The van der Waals surface area contributed by atoms with Gasteiger partial charge >= 0.3 is 0 Å². The number of nitrogens with zero attached hydrogens (tertiary/aromatic N) is 3. The Hall–Kier alpha value is -2.21. The van der Waals surface area contributed by atoms with Crippen LogP contribution in [0.3, 0.4) is 0 Å². The van der Waals surface area contributed by atoms with Crippen molar-refractivity contribution in [3.8, 4) is 5.82 Å². The van der Waals surface area contributed by atoms with Crippen LogP contribution in [-0.4, -0.2) is 33.8 Å². The summed E-state index contributed by atoms with van der Waals surface area (Å²) in [4.78, 5) is 16.6. The van der Waals surface area contributed by atoms with Gasteiger partial charge in [0.2, 0.25) is 5.91 Å². The Labute approximate surface area is 136 Å². The summed E-state index contributed by atoms with van der Waals surface area (Å²) in [6.45, 7) is 6.35. The molecule has 6 nitrogen and oxygen atoms in total. The maximum atomic E-state index is 12.1. The predicted octanol–water partition coefficient (Wildman–Crippen LogP) is 1.50. The Bertz CT molecular complexity index is 671. The number of hydrogen-bond acceptors (Lipinski definition) is 4. The first-order valence-electron chi connectivity index (χ1n) is 8.10. The molecule has 0 aliphatic carbocycles. The highest BCUT2D eigenvalue weighted by Crippen LogP contribution is 2.13. The molecule has 3 rings (SSSR count). The first-order chi connectivity index (χ1) is 11.1. The van der Waals surface area contributed by atoms with Gasteiger partial charge in [-0.2, -0.15) is 5.10 Å². The highest BCUT2D eigenvalue weighted by molar-refractivity contribution is 5.78. The minimum atomic E-state index is 0.137. The number of piperidine rings is 1. The van der Waals surface area contributed by atoms with Crippen LogP contribution in [0.1, 0.15) is 29.8 Å². The van der Waals surface area contributed by atoms with E-state index >= 15 is 0 Å². The minimum absolute atomic E-state index is 0.137. The average Bonchev–Trinajstić information content (AvgIpc) is 2.92. The smallest absolute Gasteiger partial charge is 0.223 e. The number of rotatable bonds is 4. The zero-order valence-corrected chi connectivity index (χ0v) is 13.7. The third-order valence-electron chi connectivity index (χ3n) is 4.21. The SMILES string of the molecule is Cc1cc(C)n(-c2ccc(CNC(=O)C3CCNCC3)cn2)n1. The second-order valence-corrected chi connectivity index (χ2v) is 6.11. The average molecular weight is 313 g/mol. The highest BCUT2D eigenvalue weighted by Gasteiger charge is 2.20. The van der Waals surface area contributed by atoms with Gasteiger partial charge in [0.1, 0.15) is 0 Å². The number of nitrogens with one attached hydrogen (secondary N) is 2. The molecule has 2 aromatic heterocycles. The first-order valence-corrected chi connectivity index (χ1v) is 8.10. The van der Waals surface area contributed by atoms with Crippen molar-refractivity contribution in [2.45, 2.75) is 33.2 Å². The number of carbonyl (C=O) groups excluding carboxylic acids is 1. The summed E-state index contributed by atoms with van der Waals surface area (Å²) in [6.07, 6.45) is 3.64. The van der Waals surface area contributed by atoms with Crippen molar-refractivity contribution in [3.63, 3.8) is 0 Å². The van der Waals surface area contributed by atoms with Crippen molar-refractivity contribution >= 4 is 5.91 Å². The van der Waals surface area contributed by atoms with Crippen molar-refractivity contribution in [2.24, 2.45) is 5.92 Å². The summed E-state index contributed by atoms with van der Waals surface area (Å²) < 4.78 is 1.83. The molecule has 2 N–H and O–H groups in total. The molecule has 1 aliphatic heterocycles. The van der Waals surface area contributed by atoms with E-state index in [1.165, 1.54) is 0 Å². The summed E-state index contributed by atoms with van der Waals surface area (Å²) >= 11 is 0. The van der Waals surface area contributed by atoms with Gasteiger partial charge in [-0.3, -0.25) is 4.79 Å². The topological polar surface area (TPSA) is 71.8 Å². The number of aryl methyl sites for hydroxylation is 2. The molecule has 122 valence electrons. The quantitative estimate of drug-likeness (QED) is 0.897. The Morgan fingerprint density at radius 1 is 1.35 bits per heavy atom. The second-order valence-electron chi connectivity index (χ2n) is 6.11. The summed E-state index contributed by atoms with van der Waals surface area (Å²) in [5.41, 5.74) is 3.03. The zero-order valence-electron chi connectivity index (χ0n) is 13.7. The molecule has 0 saturated carbocycles. The fourth-order valence-electron chi connectivity index (χ4n) is 2.93. The van der Waals surface area contributed by atoms with E-state index in [4.69, 9.17) is 0 Å². The van der Waals surface area contributed by atoms with E-state index in [-0.39, 0.29) is 11.8 Å². The molecule has 0 radical (unpaired) electrons. The summed E-state index contributed by atoms with van der Waals surface area (Å²) in [5.74, 6) is 1.08. The number of amides is 1. The van der Waals surface area contributed by atoms with Crippen LogP contribution in [0.5, 0.6) is 0 Å². The number of pyridine rings is 1. The van der Waals surface area contributed by atoms with Crippen LogP contribution >= 0.6 is 0 Å². The number of carbonyl (C=O) groups is 1. The van der Waals surface area contributed by atoms with Gasteiger partial charge in [0, 0.05) is 24.4 Å². The lowest BCUT2D eigenvalue weighted by Gasteiger charge is -2.21. The van der Waals surface area contributed by atoms with Crippen molar-refractivity contribution < 1.29 is 4.79 Å². The lowest BCUT2D eigenvalue weighted by molar-refractivity contribution is -0.125. The first kappa shape index (κ1) is 15.7. The molecule has 1 aliphatic rings. The van der Waals surface area contributed by atoms with E-state index in [0.717, 1.165) is 48.7 Å².